The van der Waals surface area contributed by atoms with Gasteiger partial charge in [-0.1, -0.05) is 20.3 Å². The molecule has 0 aromatic rings. The molecule has 1 aliphatic heterocycles. The number of aliphatic carboxylic acids is 1. The lowest BCUT2D eigenvalue weighted by Crippen LogP contribution is -2.55. The summed E-state index contributed by atoms with van der Waals surface area (Å²) in [5.74, 6) is -1.66. The molecule has 10 heteroatoms. The van der Waals surface area contributed by atoms with Gasteiger partial charge in [0.15, 0.2) is 0 Å². The van der Waals surface area contributed by atoms with E-state index in [9.17, 15) is 24.3 Å². The predicted octanol–water partition coefficient (Wildman–Crippen LogP) is 2.10. The van der Waals surface area contributed by atoms with Crippen molar-refractivity contribution in [3.63, 3.8) is 0 Å². The summed E-state index contributed by atoms with van der Waals surface area (Å²) in [7, 11) is 0. The Kier molecular flexibility index (Phi) is 10.6. The van der Waals surface area contributed by atoms with E-state index in [1.54, 1.807) is 31.9 Å². The Morgan fingerprint density at radius 3 is 2.19 bits per heavy atom. The normalized spacial score (nSPS) is 17.9. The van der Waals surface area contributed by atoms with Gasteiger partial charge in [0.1, 0.15) is 17.7 Å². The monoisotopic (exact) mass is 459 g/mol. The van der Waals surface area contributed by atoms with Crippen LogP contribution in [-0.4, -0.2) is 76.7 Å². The lowest BCUT2D eigenvalue weighted by molar-refractivity contribution is -0.142. The molecule has 0 bridgehead atoms. The molecule has 3 atom stereocenters. The first-order valence-corrected chi connectivity index (χ1v) is 12.1. The first-order valence-electron chi connectivity index (χ1n) is 10.7. The Balaban J connectivity index is 2.70. The minimum absolute atomic E-state index is 0.0797. The van der Waals surface area contributed by atoms with Gasteiger partial charge in [0, 0.05) is 24.8 Å². The summed E-state index contributed by atoms with van der Waals surface area (Å²) in [6.45, 7) is 9.88. The molecular weight excluding hydrogens is 422 g/mol. The van der Waals surface area contributed by atoms with Crippen LogP contribution in [0.2, 0.25) is 0 Å². The van der Waals surface area contributed by atoms with Gasteiger partial charge in [-0.25, -0.2) is 9.59 Å². The van der Waals surface area contributed by atoms with Gasteiger partial charge in [-0.3, -0.25) is 9.59 Å². The smallest absolute Gasteiger partial charge is 0.408 e. The van der Waals surface area contributed by atoms with Crippen molar-refractivity contribution in [3.05, 3.63) is 0 Å². The van der Waals surface area contributed by atoms with Gasteiger partial charge in [-0.15, -0.1) is 0 Å². The summed E-state index contributed by atoms with van der Waals surface area (Å²) in [4.78, 5) is 50.7. The van der Waals surface area contributed by atoms with Crippen molar-refractivity contribution >= 4 is 35.6 Å². The Morgan fingerprint density at radius 1 is 1.16 bits per heavy atom. The van der Waals surface area contributed by atoms with Gasteiger partial charge in [-0.2, -0.15) is 11.8 Å². The van der Waals surface area contributed by atoms with Crippen molar-refractivity contribution in [2.75, 3.05) is 25.1 Å². The molecule has 1 saturated heterocycles. The largest absolute Gasteiger partial charge is 0.480 e. The van der Waals surface area contributed by atoms with Gasteiger partial charge < -0.3 is 25.4 Å². The van der Waals surface area contributed by atoms with Gasteiger partial charge in [-0.05, 0) is 45.8 Å². The fourth-order valence-electron chi connectivity index (χ4n) is 3.31. The van der Waals surface area contributed by atoms with E-state index in [4.69, 9.17) is 4.74 Å². The number of thioether (sulfide) groups is 1. The van der Waals surface area contributed by atoms with Gasteiger partial charge >= 0.3 is 12.1 Å². The number of hydrogen-bond acceptors (Lipinski definition) is 6. The van der Waals surface area contributed by atoms with E-state index in [1.807, 2.05) is 13.8 Å². The lowest BCUT2D eigenvalue weighted by Gasteiger charge is -2.35. The number of nitrogens with one attached hydrogen (secondary N) is 2. The molecule has 0 aliphatic carbocycles. The van der Waals surface area contributed by atoms with E-state index < -0.39 is 29.7 Å². The molecule has 0 radical (unpaired) electrons. The minimum atomic E-state index is -1.06. The molecule has 9 nitrogen and oxygen atoms in total. The van der Waals surface area contributed by atoms with E-state index in [0.717, 1.165) is 0 Å². The molecule has 1 heterocycles. The van der Waals surface area contributed by atoms with Crippen LogP contribution < -0.4 is 10.6 Å². The Bertz CT molecular complexity index is 644. The Labute approximate surface area is 189 Å². The van der Waals surface area contributed by atoms with E-state index in [1.165, 1.54) is 11.8 Å². The van der Waals surface area contributed by atoms with Crippen LogP contribution in [0.4, 0.5) is 4.79 Å². The molecular formula is C21H37N3O6S. The summed E-state index contributed by atoms with van der Waals surface area (Å²) in [5.41, 5.74) is -0.664. The SMILES string of the molecule is CCC(C)[C@H](NC(=O)OC(C)(C)C)C(=O)N1CCC(C(=O)N[C@@H](CSC)C(=O)O)CC1. The molecule has 0 spiro atoms. The number of carboxylic acids is 1. The maximum atomic E-state index is 13.1. The average Bonchev–Trinajstić information content (AvgIpc) is 2.69. The summed E-state index contributed by atoms with van der Waals surface area (Å²) in [6, 6.07) is -1.63. The molecule has 178 valence electrons. The number of amides is 3. The third-order valence-corrected chi connectivity index (χ3v) is 5.94. The quantitative estimate of drug-likeness (QED) is 0.482. The number of carbonyl (C=O) groups is 4. The van der Waals surface area contributed by atoms with Crippen molar-refractivity contribution in [2.24, 2.45) is 11.8 Å². The van der Waals surface area contributed by atoms with Crippen LogP contribution in [0.1, 0.15) is 53.9 Å². The van der Waals surface area contributed by atoms with Crippen LogP contribution in [0.3, 0.4) is 0 Å². The van der Waals surface area contributed by atoms with Crippen molar-refractivity contribution in [1.29, 1.82) is 0 Å². The maximum Gasteiger partial charge on any atom is 0.408 e. The number of rotatable bonds is 9. The number of hydrogen-bond donors (Lipinski definition) is 3. The molecule has 31 heavy (non-hydrogen) atoms. The lowest BCUT2D eigenvalue weighted by atomic mass is 9.93. The van der Waals surface area contributed by atoms with Crippen molar-refractivity contribution in [3.8, 4) is 0 Å². The number of nitrogens with zero attached hydrogens (tertiary/aromatic N) is 1. The summed E-state index contributed by atoms with van der Waals surface area (Å²) in [5, 5.41) is 14.5. The van der Waals surface area contributed by atoms with Gasteiger partial charge in [0.2, 0.25) is 11.8 Å². The third-order valence-electron chi connectivity index (χ3n) is 5.28. The number of likely N-dealkylation sites (tertiary alicyclic amines) is 1. The first kappa shape index (κ1) is 27.1. The second-order valence-electron chi connectivity index (χ2n) is 8.96. The van der Waals surface area contributed by atoms with Crippen molar-refractivity contribution in [1.82, 2.24) is 15.5 Å². The Hall–Kier alpha value is -1.97. The number of piperidine rings is 1. The van der Waals surface area contributed by atoms with Crippen molar-refractivity contribution < 1.29 is 29.0 Å². The number of carbonyl (C=O) groups excluding carboxylic acids is 3. The van der Waals surface area contributed by atoms with Gasteiger partial charge in [0.05, 0.1) is 0 Å². The van der Waals surface area contributed by atoms with E-state index in [-0.39, 0.29) is 23.7 Å². The summed E-state index contributed by atoms with van der Waals surface area (Å²) < 4.78 is 5.30. The van der Waals surface area contributed by atoms with E-state index in [2.05, 4.69) is 10.6 Å². The Morgan fingerprint density at radius 2 is 1.74 bits per heavy atom. The fourth-order valence-corrected chi connectivity index (χ4v) is 3.87. The zero-order chi connectivity index (χ0) is 23.8. The first-order chi connectivity index (χ1) is 14.4. The minimum Gasteiger partial charge on any atom is -0.480 e. The van der Waals surface area contributed by atoms with E-state index in [0.29, 0.717) is 38.1 Å². The molecule has 0 aromatic heterocycles. The highest BCUT2D eigenvalue weighted by molar-refractivity contribution is 7.98. The topological polar surface area (TPSA) is 125 Å². The standard InChI is InChI=1S/C21H37N3O6S/c1-7-13(2)16(23-20(29)30-21(3,4)5)18(26)24-10-8-14(9-11-24)17(25)22-15(12-31-6)19(27)28/h13-16H,7-12H2,1-6H3,(H,22,25)(H,23,29)(H,27,28)/t13?,15-,16-/m0/s1. The number of alkyl carbamates (subject to hydrolysis) is 1. The molecule has 1 aliphatic rings. The maximum absolute atomic E-state index is 13.1. The number of carboxylic acid groups (broad SMARTS) is 1. The zero-order valence-electron chi connectivity index (χ0n) is 19.4. The molecule has 0 aromatic carbocycles. The second kappa shape index (κ2) is 12.2. The number of ether oxygens (including phenoxy) is 1. The highest BCUT2D eigenvalue weighted by atomic mass is 32.2. The highest BCUT2D eigenvalue weighted by Gasteiger charge is 2.35. The van der Waals surface area contributed by atoms with Crippen LogP contribution in [0, 0.1) is 11.8 Å². The van der Waals surface area contributed by atoms with Crippen LogP contribution in [0.5, 0.6) is 0 Å². The van der Waals surface area contributed by atoms with Gasteiger partial charge in [0.25, 0.3) is 0 Å². The van der Waals surface area contributed by atoms with Crippen LogP contribution in [0.25, 0.3) is 0 Å². The molecule has 3 N–H and O–H groups in total. The third kappa shape index (κ3) is 8.96. The molecule has 0 saturated carbocycles. The molecule has 1 fully saturated rings. The summed E-state index contributed by atoms with van der Waals surface area (Å²) >= 11 is 1.35. The molecule has 3 amide bonds. The molecule has 1 rings (SSSR count). The van der Waals surface area contributed by atoms with E-state index >= 15 is 0 Å². The summed E-state index contributed by atoms with van der Waals surface area (Å²) in [6.07, 6.45) is 2.75. The van der Waals surface area contributed by atoms with Crippen LogP contribution >= 0.6 is 11.8 Å². The van der Waals surface area contributed by atoms with Crippen molar-refractivity contribution in [2.45, 2.75) is 71.6 Å². The van der Waals surface area contributed by atoms with Crippen LogP contribution in [0.15, 0.2) is 0 Å². The molecule has 1 unspecified atom stereocenters. The second-order valence-corrected chi connectivity index (χ2v) is 9.87. The highest BCUT2D eigenvalue weighted by Crippen LogP contribution is 2.21. The average molecular weight is 460 g/mol. The predicted molar refractivity (Wildman–Crippen MR) is 120 cm³/mol. The fraction of sp³-hybridized carbons (Fsp3) is 0.810. The zero-order valence-corrected chi connectivity index (χ0v) is 20.2. The van der Waals surface area contributed by atoms with Crippen LogP contribution in [-0.2, 0) is 19.1 Å².